The van der Waals surface area contributed by atoms with Gasteiger partial charge in [-0.1, -0.05) is 12.1 Å². The Morgan fingerprint density at radius 3 is 3.25 bits per heavy atom. The highest BCUT2D eigenvalue weighted by Crippen LogP contribution is 2.26. The van der Waals surface area contributed by atoms with Gasteiger partial charge < -0.3 is 4.89 Å². The fourth-order valence-corrected chi connectivity index (χ4v) is 1.14. The van der Waals surface area contributed by atoms with E-state index >= 15 is 0 Å². The zero-order chi connectivity index (χ0) is 8.39. The lowest BCUT2D eigenvalue weighted by Gasteiger charge is -1.99. The van der Waals surface area contributed by atoms with Crippen molar-refractivity contribution in [2.24, 2.45) is 5.90 Å². The van der Waals surface area contributed by atoms with Crippen LogP contribution in [-0.2, 0) is 22.9 Å². The normalized spacial score (nSPS) is 14.1. The van der Waals surface area contributed by atoms with Crippen molar-refractivity contribution >= 4 is 0 Å². The molecule has 1 heterocycles. The van der Waals surface area contributed by atoms with E-state index in [0.29, 0.717) is 13.2 Å². The van der Waals surface area contributed by atoms with E-state index in [4.69, 9.17) is 15.7 Å². The number of hydrogen-bond donors (Lipinski definition) is 1. The van der Waals surface area contributed by atoms with Crippen LogP contribution in [0, 0.1) is 0 Å². The van der Waals surface area contributed by atoms with Crippen LogP contribution in [0.1, 0.15) is 11.1 Å². The Bertz CT molecular complexity index is 288. The average Bonchev–Trinajstić information content (AvgIpc) is 2.51. The van der Waals surface area contributed by atoms with E-state index < -0.39 is 0 Å². The summed E-state index contributed by atoms with van der Waals surface area (Å²) in [5.41, 5.74) is 2.03. The molecule has 0 fully saturated rings. The largest absolute Gasteiger partial charge is 0.337 e. The molecule has 64 valence electrons. The number of benzene rings is 1. The minimum absolute atomic E-state index is 0.386. The second-order valence-electron chi connectivity index (χ2n) is 2.60. The highest BCUT2D eigenvalue weighted by Gasteiger charge is 2.13. The van der Waals surface area contributed by atoms with Crippen molar-refractivity contribution < 1.29 is 14.6 Å². The minimum atomic E-state index is 0.386. The summed E-state index contributed by atoms with van der Waals surface area (Å²) in [6, 6.07) is 5.73. The SMILES string of the molecule is NOCc1ccc2c(c1)OOC2. The van der Waals surface area contributed by atoms with Gasteiger partial charge in [-0.3, -0.25) is 4.84 Å². The third-order valence-electron chi connectivity index (χ3n) is 1.74. The molecule has 0 atom stereocenters. The summed E-state index contributed by atoms with van der Waals surface area (Å²) in [6.45, 7) is 0.899. The minimum Gasteiger partial charge on any atom is -0.337 e. The smallest absolute Gasteiger partial charge is 0.171 e. The Morgan fingerprint density at radius 2 is 2.42 bits per heavy atom. The molecule has 0 saturated heterocycles. The van der Waals surface area contributed by atoms with Gasteiger partial charge in [0, 0.05) is 5.56 Å². The molecule has 2 N–H and O–H groups in total. The maximum absolute atomic E-state index is 4.93. The molecule has 0 unspecified atom stereocenters. The molecule has 0 spiro atoms. The zero-order valence-corrected chi connectivity index (χ0v) is 6.45. The van der Waals surface area contributed by atoms with E-state index in [2.05, 4.69) is 4.84 Å². The van der Waals surface area contributed by atoms with E-state index in [9.17, 15) is 0 Å². The van der Waals surface area contributed by atoms with Gasteiger partial charge in [-0.25, -0.2) is 5.90 Å². The summed E-state index contributed by atoms with van der Waals surface area (Å²) in [4.78, 5) is 14.2. The van der Waals surface area contributed by atoms with Crippen LogP contribution in [0.25, 0.3) is 0 Å². The second kappa shape index (κ2) is 3.10. The first kappa shape index (κ1) is 7.54. The first-order valence-corrected chi connectivity index (χ1v) is 3.63. The molecule has 12 heavy (non-hydrogen) atoms. The number of fused-ring (bicyclic) bond motifs is 1. The summed E-state index contributed by atoms with van der Waals surface area (Å²) < 4.78 is 0. The van der Waals surface area contributed by atoms with Gasteiger partial charge >= 0.3 is 0 Å². The van der Waals surface area contributed by atoms with E-state index in [1.54, 1.807) is 0 Å². The van der Waals surface area contributed by atoms with Crippen LogP contribution in [0.3, 0.4) is 0 Å². The molecule has 1 aromatic rings. The van der Waals surface area contributed by atoms with Crippen molar-refractivity contribution in [3.63, 3.8) is 0 Å². The highest BCUT2D eigenvalue weighted by molar-refractivity contribution is 5.37. The summed E-state index contributed by atoms with van der Waals surface area (Å²) >= 11 is 0. The molecule has 0 aliphatic carbocycles. The molecule has 1 aliphatic rings. The van der Waals surface area contributed by atoms with Gasteiger partial charge in [-0.15, -0.1) is 0 Å². The van der Waals surface area contributed by atoms with Crippen LogP contribution in [-0.4, -0.2) is 0 Å². The number of nitrogens with two attached hydrogens (primary N) is 1. The van der Waals surface area contributed by atoms with Crippen LogP contribution < -0.4 is 10.8 Å². The molecule has 4 heteroatoms. The molecular formula is C8H9NO3. The van der Waals surface area contributed by atoms with Crippen molar-refractivity contribution in [3.05, 3.63) is 29.3 Å². The van der Waals surface area contributed by atoms with Crippen molar-refractivity contribution in [2.45, 2.75) is 13.2 Å². The van der Waals surface area contributed by atoms with Gasteiger partial charge in [-0.05, 0) is 11.6 Å². The van der Waals surface area contributed by atoms with Crippen molar-refractivity contribution in [3.8, 4) is 5.75 Å². The van der Waals surface area contributed by atoms with E-state index in [1.165, 1.54) is 0 Å². The standard InChI is InChI=1S/C8H9NO3/c9-10-4-6-1-2-7-5-11-12-8(7)3-6/h1-3H,4-5,9H2. The summed E-state index contributed by atoms with van der Waals surface area (Å²) in [7, 11) is 0. The molecule has 0 saturated carbocycles. The Labute approximate surface area is 69.7 Å². The maximum atomic E-state index is 4.93. The molecule has 0 amide bonds. The summed E-state index contributed by atoms with van der Waals surface area (Å²) in [6.07, 6.45) is 0. The van der Waals surface area contributed by atoms with Gasteiger partial charge in [0.15, 0.2) is 5.75 Å². The molecule has 0 radical (unpaired) electrons. The first-order valence-electron chi connectivity index (χ1n) is 3.63. The van der Waals surface area contributed by atoms with Crippen LogP contribution >= 0.6 is 0 Å². The van der Waals surface area contributed by atoms with Crippen LogP contribution in [0.5, 0.6) is 5.75 Å². The van der Waals surface area contributed by atoms with E-state index in [1.807, 2.05) is 18.2 Å². The maximum Gasteiger partial charge on any atom is 0.171 e. The van der Waals surface area contributed by atoms with E-state index in [-0.39, 0.29) is 0 Å². The molecular weight excluding hydrogens is 158 g/mol. The molecule has 1 aliphatic heterocycles. The second-order valence-corrected chi connectivity index (χ2v) is 2.60. The lowest BCUT2D eigenvalue weighted by Crippen LogP contribution is -1.98. The van der Waals surface area contributed by atoms with Crippen LogP contribution in [0.4, 0.5) is 0 Å². The number of hydrogen-bond acceptors (Lipinski definition) is 4. The molecule has 0 aromatic heterocycles. The highest BCUT2D eigenvalue weighted by atomic mass is 17.2. The fourth-order valence-electron chi connectivity index (χ4n) is 1.14. The zero-order valence-electron chi connectivity index (χ0n) is 6.45. The summed E-state index contributed by atoms with van der Waals surface area (Å²) in [5, 5.41) is 0. The predicted octanol–water partition coefficient (Wildman–Crippen LogP) is 0.901. The van der Waals surface area contributed by atoms with Gasteiger partial charge in [-0.2, -0.15) is 4.89 Å². The first-order chi connectivity index (χ1) is 5.90. The molecule has 4 nitrogen and oxygen atoms in total. The lowest BCUT2D eigenvalue weighted by molar-refractivity contribution is -0.194. The molecule has 0 bridgehead atoms. The molecule has 1 aromatic carbocycles. The van der Waals surface area contributed by atoms with Crippen molar-refractivity contribution in [1.82, 2.24) is 0 Å². The monoisotopic (exact) mass is 167 g/mol. The van der Waals surface area contributed by atoms with Gasteiger partial charge in [0.1, 0.15) is 6.61 Å². The van der Waals surface area contributed by atoms with Crippen molar-refractivity contribution in [2.75, 3.05) is 0 Å². The Hall–Kier alpha value is -1.10. The number of rotatable bonds is 2. The van der Waals surface area contributed by atoms with Gasteiger partial charge in [0.25, 0.3) is 0 Å². The summed E-state index contributed by atoms with van der Waals surface area (Å²) in [5.74, 6) is 5.69. The van der Waals surface area contributed by atoms with Gasteiger partial charge in [0.05, 0.1) is 6.61 Å². The lowest BCUT2D eigenvalue weighted by atomic mass is 10.1. The van der Waals surface area contributed by atoms with Crippen molar-refractivity contribution in [1.29, 1.82) is 0 Å². The van der Waals surface area contributed by atoms with Crippen LogP contribution in [0.15, 0.2) is 18.2 Å². The average molecular weight is 167 g/mol. The molecule has 2 rings (SSSR count). The van der Waals surface area contributed by atoms with Crippen LogP contribution in [0.2, 0.25) is 0 Å². The predicted molar refractivity (Wildman–Crippen MR) is 40.8 cm³/mol. The Balaban J connectivity index is 2.26. The Morgan fingerprint density at radius 1 is 1.50 bits per heavy atom. The topological polar surface area (TPSA) is 53.7 Å². The third-order valence-corrected chi connectivity index (χ3v) is 1.74. The third kappa shape index (κ3) is 1.27. The fraction of sp³-hybridized carbons (Fsp3) is 0.250. The Kier molecular flexibility index (Phi) is 1.95. The van der Waals surface area contributed by atoms with E-state index in [0.717, 1.165) is 16.9 Å². The van der Waals surface area contributed by atoms with Gasteiger partial charge in [0.2, 0.25) is 0 Å². The quantitative estimate of drug-likeness (QED) is 0.525.